The van der Waals surface area contributed by atoms with Crippen molar-refractivity contribution < 1.29 is 19.2 Å². The van der Waals surface area contributed by atoms with Gasteiger partial charge in [-0.2, -0.15) is 0 Å². The van der Waals surface area contributed by atoms with E-state index >= 15 is 0 Å². The third-order valence-electron chi connectivity index (χ3n) is 6.11. The zero-order valence-electron chi connectivity index (χ0n) is 15.2. The first-order valence-corrected chi connectivity index (χ1v) is 9.16. The molecule has 142 valence electrons. The van der Waals surface area contributed by atoms with Gasteiger partial charge in [-0.3, -0.25) is 29.4 Å². The van der Waals surface area contributed by atoms with Crippen LogP contribution in [0.5, 0.6) is 0 Å². The molecule has 1 aromatic rings. The minimum Gasteiger partial charge on any atom is -0.370 e. The minimum absolute atomic E-state index is 0.119. The van der Waals surface area contributed by atoms with Crippen LogP contribution in [0.3, 0.4) is 0 Å². The molecule has 2 saturated heterocycles. The molecule has 3 heterocycles. The van der Waals surface area contributed by atoms with Crippen molar-refractivity contribution in [1.29, 1.82) is 0 Å². The molecule has 0 unspecified atom stereocenters. The number of benzene rings is 1. The van der Waals surface area contributed by atoms with Crippen LogP contribution in [0.4, 0.5) is 5.69 Å². The van der Waals surface area contributed by atoms with Crippen LogP contribution in [0.25, 0.3) is 0 Å². The van der Waals surface area contributed by atoms with E-state index in [-0.39, 0.29) is 30.2 Å². The number of nitrogens with two attached hydrogens (primary N) is 1. The molecule has 27 heavy (non-hydrogen) atoms. The maximum absolute atomic E-state index is 13.3. The van der Waals surface area contributed by atoms with Crippen molar-refractivity contribution in [2.45, 2.75) is 44.3 Å². The SMILES string of the molecule is CC[C@H](C)N1C(=O)[C@@H]2[C@H](CC(N)=O)N[C@@]3(C(=O)Nc4ccccc43)[C@@H]2C1=O. The van der Waals surface area contributed by atoms with Crippen LogP contribution in [0.15, 0.2) is 24.3 Å². The quantitative estimate of drug-likeness (QED) is 0.648. The van der Waals surface area contributed by atoms with Gasteiger partial charge < -0.3 is 11.1 Å². The highest BCUT2D eigenvalue weighted by Crippen LogP contribution is 2.53. The van der Waals surface area contributed by atoms with Crippen LogP contribution < -0.4 is 16.4 Å². The van der Waals surface area contributed by atoms with Crippen molar-refractivity contribution in [1.82, 2.24) is 10.2 Å². The summed E-state index contributed by atoms with van der Waals surface area (Å²) in [6.45, 7) is 3.70. The molecule has 1 aromatic carbocycles. The molecule has 4 rings (SSSR count). The van der Waals surface area contributed by atoms with Crippen LogP contribution in [-0.4, -0.2) is 40.6 Å². The number of nitrogens with one attached hydrogen (secondary N) is 2. The lowest BCUT2D eigenvalue weighted by molar-refractivity contribution is -0.145. The molecule has 3 aliphatic rings. The van der Waals surface area contributed by atoms with E-state index < -0.39 is 29.3 Å². The highest BCUT2D eigenvalue weighted by molar-refractivity contribution is 6.15. The number of imide groups is 1. The number of rotatable bonds is 4. The molecular weight excluding hydrogens is 348 g/mol. The zero-order chi connectivity index (χ0) is 19.5. The number of anilines is 1. The molecule has 4 N–H and O–H groups in total. The predicted octanol–water partition coefficient (Wildman–Crippen LogP) is 0.0809. The highest BCUT2D eigenvalue weighted by Gasteiger charge is 2.70. The predicted molar refractivity (Wildman–Crippen MR) is 96.1 cm³/mol. The number of likely N-dealkylation sites (tertiary alicyclic amines) is 1. The largest absolute Gasteiger partial charge is 0.370 e. The first kappa shape index (κ1) is 17.7. The summed E-state index contributed by atoms with van der Waals surface area (Å²) < 4.78 is 0. The summed E-state index contributed by atoms with van der Waals surface area (Å²) in [6.07, 6.45) is 0.492. The fourth-order valence-corrected chi connectivity index (χ4v) is 4.79. The summed E-state index contributed by atoms with van der Waals surface area (Å²) >= 11 is 0. The first-order chi connectivity index (χ1) is 12.8. The second-order valence-corrected chi connectivity index (χ2v) is 7.54. The van der Waals surface area contributed by atoms with Crippen molar-refractivity contribution >= 4 is 29.3 Å². The van der Waals surface area contributed by atoms with Crippen LogP contribution in [0.2, 0.25) is 0 Å². The van der Waals surface area contributed by atoms with Crippen molar-refractivity contribution in [3.8, 4) is 0 Å². The molecular formula is C19H22N4O4. The molecule has 0 radical (unpaired) electrons. The number of fused-ring (bicyclic) bond motifs is 4. The second-order valence-electron chi connectivity index (χ2n) is 7.54. The lowest BCUT2D eigenvalue weighted by Crippen LogP contribution is -2.54. The van der Waals surface area contributed by atoms with Crippen molar-refractivity contribution in [3.63, 3.8) is 0 Å². The molecule has 8 heteroatoms. The molecule has 0 aliphatic carbocycles. The fourth-order valence-electron chi connectivity index (χ4n) is 4.79. The van der Waals surface area contributed by atoms with Gasteiger partial charge in [-0.1, -0.05) is 25.1 Å². The smallest absolute Gasteiger partial charge is 0.250 e. The van der Waals surface area contributed by atoms with Gasteiger partial charge in [0.15, 0.2) is 0 Å². The van der Waals surface area contributed by atoms with E-state index in [1.165, 1.54) is 4.90 Å². The van der Waals surface area contributed by atoms with Gasteiger partial charge in [-0.25, -0.2) is 0 Å². The Balaban J connectivity index is 1.88. The molecule has 2 fully saturated rings. The molecule has 1 spiro atoms. The Morgan fingerprint density at radius 1 is 1.26 bits per heavy atom. The standard InChI is InChI=1S/C19H22N4O4/c1-3-9(2)23-16(25)14-12(8-13(20)24)22-19(15(14)17(23)26)10-6-4-5-7-11(10)21-18(19)27/h4-7,9,12,14-15,22H,3,8H2,1-2H3,(H2,20,24)(H,21,27)/t9-,12-,14+,15-,19+/m0/s1. The normalized spacial score (nSPS) is 32.6. The number of carbonyl (C=O) groups is 4. The Labute approximate surface area is 156 Å². The number of primary amides is 1. The molecule has 0 bridgehead atoms. The van der Waals surface area contributed by atoms with Crippen LogP contribution >= 0.6 is 0 Å². The van der Waals surface area contributed by atoms with E-state index in [0.29, 0.717) is 17.7 Å². The molecule has 8 nitrogen and oxygen atoms in total. The number of hydrogen-bond acceptors (Lipinski definition) is 5. The number of carbonyl (C=O) groups excluding carboxylic acids is 4. The van der Waals surface area contributed by atoms with Gasteiger partial charge in [-0.15, -0.1) is 0 Å². The lowest BCUT2D eigenvalue weighted by Gasteiger charge is -2.30. The zero-order valence-corrected chi connectivity index (χ0v) is 15.2. The average molecular weight is 370 g/mol. The van der Waals surface area contributed by atoms with Crippen molar-refractivity contribution in [2.24, 2.45) is 17.6 Å². The van der Waals surface area contributed by atoms with Gasteiger partial charge in [0.25, 0.3) is 0 Å². The van der Waals surface area contributed by atoms with Gasteiger partial charge in [0, 0.05) is 29.8 Å². The monoisotopic (exact) mass is 370 g/mol. The van der Waals surface area contributed by atoms with Crippen molar-refractivity contribution in [2.75, 3.05) is 5.32 Å². The van der Waals surface area contributed by atoms with Crippen LogP contribution in [0.1, 0.15) is 32.3 Å². The summed E-state index contributed by atoms with van der Waals surface area (Å²) in [7, 11) is 0. The Hall–Kier alpha value is -2.74. The number of para-hydroxylation sites is 1. The van der Waals surface area contributed by atoms with Gasteiger partial charge in [-0.05, 0) is 19.4 Å². The van der Waals surface area contributed by atoms with E-state index in [1.54, 1.807) is 24.3 Å². The number of hydrogen-bond donors (Lipinski definition) is 3. The Morgan fingerprint density at radius 3 is 2.63 bits per heavy atom. The third-order valence-corrected chi connectivity index (χ3v) is 6.11. The highest BCUT2D eigenvalue weighted by atomic mass is 16.2. The summed E-state index contributed by atoms with van der Waals surface area (Å²) in [4.78, 5) is 52.4. The van der Waals surface area contributed by atoms with Crippen LogP contribution in [0, 0.1) is 11.8 Å². The minimum atomic E-state index is -1.36. The summed E-state index contributed by atoms with van der Waals surface area (Å²) in [5.41, 5.74) is 5.25. The summed E-state index contributed by atoms with van der Waals surface area (Å²) in [5.74, 6) is -3.37. The Bertz CT molecular complexity index is 869. The number of amides is 4. The topological polar surface area (TPSA) is 122 Å². The van der Waals surface area contributed by atoms with E-state index in [4.69, 9.17) is 5.73 Å². The average Bonchev–Trinajstić information content (AvgIpc) is 3.19. The number of nitrogens with zero attached hydrogens (tertiary/aromatic N) is 1. The lowest BCUT2D eigenvalue weighted by atomic mass is 9.76. The van der Waals surface area contributed by atoms with Crippen LogP contribution in [-0.2, 0) is 24.7 Å². The summed E-state index contributed by atoms with van der Waals surface area (Å²) in [6, 6.07) is 6.16. The molecule has 4 amide bonds. The second kappa shape index (κ2) is 5.88. The fraction of sp³-hybridized carbons (Fsp3) is 0.474. The van der Waals surface area contributed by atoms with E-state index in [9.17, 15) is 19.2 Å². The van der Waals surface area contributed by atoms with Gasteiger partial charge in [0.05, 0.1) is 11.8 Å². The molecule has 5 atom stereocenters. The molecule has 3 aliphatic heterocycles. The Morgan fingerprint density at radius 2 is 1.96 bits per heavy atom. The van der Waals surface area contributed by atoms with Crippen molar-refractivity contribution in [3.05, 3.63) is 29.8 Å². The van der Waals surface area contributed by atoms with Gasteiger partial charge in [0.2, 0.25) is 23.6 Å². The molecule has 0 saturated carbocycles. The Kier molecular flexibility index (Phi) is 3.85. The summed E-state index contributed by atoms with van der Waals surface area (Å²) in [5, 5.41) is 5.97. The van der Waals surface area contributed by atoms with E-state index in [2.05, 4.69) is 10.6 Å². The molecule has 0 aromatic heterocycles. The van der Waals surface area contributed by atoms with Gasteiger partial charge >= 0.3 is 0 Å². The maximum Gasteiger partial charge on any atom is 0.250 e. The maximum atomic E-state index is 13.3. The van der Waals surface area contributed by atoms with E-state index in [1.807, 2.05) is 13.8 Å². The van der Waals surface area contributed by atoms with E-state index in [0.717, 1.165) is 0 Å². The van der Waals surface area contributed by atoms with Gasteiger partial charge in [0.1, 0.15) is 5.54 Å². The third kappa shape index (κ3) is 2.19. The first-order valence-electron chi connectivity index (χ1n) is 9.16.